The number of aromatic nitrogens is 1. The standard InChI is InChI=1S/C22H29F3N4O2/c1-5-27-20-19(31-11-16-17(24)7-6-8-18(16)25)9-14(2)10-29(20)15(3)21(30)28-13-22(4,26)12-23/h6-10,15H,5,11-13,26H2,1-4H3,(H,28,30). The Morgan fingerprint density at radius 2 is 2.00 bits per heavy atom. The lowest BCUT2D eigenvalue weighted by Gasteiger charge is -2.24. The van der Waals surface area contributed by atoms with E-state index in [9.17, 15) is 18.0 Å². The second-order valence-corrected chi connectivity index (χ2v) is 7.76. The molecule has 0 saturated heterocycles. The summed E-state index contributed by atoms with van der Waals surface area (Å²) in [4.78, 5) is 17.1. The summed E-state index contributed by atoms with van der Waals surface area (Å²) in [6, 6.07) is 4.57. The summed E-state index contributed by atoms with van der Waals surface area (Å²) in [6.45, 7) is 6.02. The molecule has 2 aromatic rings. The molecule has 9 heteroatoms. The monoisotopic (exact) mass is 438 g/mol. The van der Waals surface area contributed by atoms with Crippen LogP contribution in [0.5, 0.6) is 5.75 Å². The zero-order valence-corrected chi connectivity index (χ0v) is 18.2. The molecule has 2 rings (SSSR count). The van der Waals surface area contributed by atoms with E-state index in [2.05, 4.69) is 10.3 Å². The molecule has 0 spiro atoms. The van der Waals surface area contributed by atoms with Crippen LogP contribution in [0.25, 0.3) is 0 Å². The summed E-state index contributed by atoms with van der Waals surface area (Å²) in [5, 5.41) is 2.65. The van der Waals surface area contributed by atoms with Crippen molar-refractivity contribution in [2.75, 3.05) is 19.8 Å². The Hall–Kier alpha value is -2.81. The van der Waals surface area contributed by atoms with Crippen molar-refractivity contribution in [3.63, 3.8) is 0 Å². The number of aryl methyl sites for hydroxylation is 1. The van der Waals surface area contributed by atoms with Gasteiger partial charge in [-0.3, -0.25) is 9.79 Å². The van der Waals surface area contributed by atoms with Gasteiger partial charge in [0.15, 0.2) is 11.2 Å². The van der Waals surface area contributed by atoms with Gasteiger partial charge in [0.2, 0.25) is 5.91 Å². The van der Waals surface area contributed by atoms with Crippen molar-refractivity contribution in [3.8, 4) is 5.75 Å². The highest BCUT2D eigenvalue weighted by molar-refractivity contribution is 5.80. The molecule has 0 bridgehead atoms. The van der Waals surface area contributed by atoms with Gasteiger partial charge in [-0.15, -0.1) is 0 Å². The van der Waals surface area contributed by atoms with E-state index in [1.807, 2.05) is 6.92 Å². The Morgan fingerprint density at radius 1 is 1.35 bits per heavy atom. The van der Waals surface area contributed by atoms with Crippen LogP contribution in [0.2, 0.25) is 0 Å². The van der Waals surface area contributed by atoms with E-state index >= 15 is 0 Å². The van der Waals surface area contributed by atoms with Crippen molar-refractivity contribution in [1.82, 2.24) is 9.88 Å². The maximum atomic E-state index is 14.0. The quantitative estimate of drug-likeness (QED) is 0.632. The summed E-state index contributed by atoms with van der Waals surface area (Å²) in [5.41, 5.74) is 5.50. The van der Waals surface area contributed by atoms with E-state index in [-0.39, 0.29) is 30.4 Å². The van der Waals surface area contributed by atoms with E-state index < -0.39 is 29.9 Å². The van der Waals surface area contributed by atoms with Crippen molar-refractivity contribution >= 4 is 5.91 Å². The number of benzene rings is 1. The van der Waals surface area contributed by atoms with Crippen molar-refractivity contribution in [2.45, 2.75) is 45.9 Å². The number of hydrogen-bond donors (Lipinski definition) is 2. The third kappa shape index (κ3) is 6.33. The van der Waals surface area contributed by atoms with Gasteiger partial charge in [-0.2, -0.15) is 0 Å². The summed E-state index contributed by atoms with van der Waals surface area (Å²) >= 11 is 0. The summed E-state index contributed by atoms with van der Waals surface area (Å²) in [6.07, 6.45) is 1.73. The van der Waals surface area contributed by atoms with Gasteiger partial charge < -0.3 is 20.4 Å². The van der Waals surface area contributed by atoms with Gasteiger partial charge in [-0.25, -0.2) is 13.2 Å². The van der Waals surface area contributed by atoms with Gasteiger partial charge in [-0.1, -0.05) is 6.07 Å². The molecule has 31 heavy (non-hydrogen) atoms. The van der Waals surface area contributed by atoms with E-state index in [0.29, 0.717) is 12.0 Å². The first-order valence-electron chi connectivity index (χ1n) is 10.0. The number of carbonyl (C=O) groups excluding carboxylic acids is 1. The van der Waals surface area contributed by atoms with Crippen LogP contribution in [0.4, 0.5) is 13.2 Å². The van der Waals surface area contributed by atoms with Crippen molar-refractivity contribution in [1.29, 1.82) is 0 Å². The molecule has 0 fully saturated rings. The molecular formula is C22H29F3N4O2. The maximum absolute atomic E-state index is 14.0. The lowest BCUT2D eigenvalue weighted by molar-refractivity contribution is -0.124. The number of nitrogens with one attached hydrogen (secondary N) is 1. The molecule has 0 radical (unpaired) electrons. The number of alkyl halides is 1. The molecule has 1 aromatic heterocycles. The van der Waals surface area contributed by atoms with E-state index in [1.165, 1.54) is 13.0 Å². The fraction of sp³-hybridized carbons (Fsp3) is 0.455. The molecule has 1 heterocycles. The van der Waals surface area contributed by atoms with E-state index in [4.69, 9.17) is 10.5 Å². The largest absolute Gasteiger partial charge is 0.485 e. The number of nitrogens with zero attached hydrogens (tertiary/aromatic N) is 2. The first kappa shape index (κ1) is 24.5. The van der Waals surface area contributed by atoms with Crippen LogP contribution >= 0.6 is 0 Å². The average Bonchev–Trinajstić information content (AvgIpc) is 2.72. The summed E-state index contributed by atoms with van der Waals surface area (Å²) in [7, 11) is 0. The van der Waals surface area contributed by atoms with Gasteiger partial charge in [0.25, 0.3) is 0 Å². The Balaban J connectivity index is 2.35. The SMILES string of the molecule is CCN=c1c(OCc2c(F)cccc2F)cc(C)cn1C(C)C(=O)NCC(C)(N)CF. The summed E-state index contributed by atoms with van der Waals surface area (Å²) in [5.74, 6) is -1.50. The minimum Gasteiger partial charge on any atom is -0.485 e. The fourth-order valence-electron chi connectivity index (χ4n) is 2.86. The highest BCUT2D eigenvalue weighted by atomic mass is 19.1. The Kier molecular flexibility index (Phi) is 8.27. The van der Waals surface area contributed by atoms with Crippen molar-refractivity contribution in [3.05, 3.63) is 58.7 Å². The molecule has 170 valence electrons. The molecule has 3 N–H and O–H groups in total. The highest BCUT2D eigenvalue weighted by Crippen LogP contribution is 2.17. The minimum atomic E-state index is -1.17. The van der Waals surface area contributed by atoms with Crippen molar-refractivity contribution in [2.24, 2.45) is 10.7 Å². The van der Waals surface area contributed by atoms with Gasteiger partial charge in [-0.05, 0) is 51.5 Å². The van der Waals surface area contributed by atoms with E-state index in [1.54, 1.807) is 30.7 Å². The molecule has 0 aliphatic carbocycles. The number of amides is 1. The molecule has 0 aliphatic rings. The first-order valence-corrected chi connectivity index (χ1v) is 10.0. The van der Waals surface area contributed by atoms with Gasteiger partial charge in [0, 0.05) is 19.3 Å². The molecule has 6 nitrogen and oxygen atoms in total. The molecule has 0 saturated carbocycles. The average molecular weight is 438 g/mol. The van der Waals surface area contributed by atoms with E-state index in [0.717, 1.165) is 17.7 Å². The van der Waals surface area contributed by atoms with Crippen LogP contribution in [0.3, 0.4) is 0 Å². The van der Waals surface area contributed by atoms with Crippen LogP contribution in [-0.4, -0.2) is 35.8 Å². The number of rotatable bonds is 9. The second kappa shape index (κ2) is 10.5. The topological polar surface area (TPSA) is 81.6 Å². The molecular weight excluding hydrogens is 409 g/mol. The van der Waals surface area contributed by atoms with Gasteiger partial charge in [0.1, 0.15) is 31.0 Å². The number of carbonyl (C=O) groups is 1. The Bertz CT molecular complexity index is 969. The summed E-state index contributed by atoms with van der Waals surface area (Å²) < 4.78 is 48.2. The maximum Gasteiger partial charge on any atom is 0.242 e. The number of ether oxygens (including phenoxy) is 1. The third-order valence-corrected chi connectivity index (χ3v) is 4.68. The van der Waals surface area contributed by atoms with Crippen LogP contribution in [-0.2, 0) is 11.4 Å². The lowest BCUT2D eigenvalue weighted by Crippen LogP contribution is -2.50. The fourth-order valence-corrected chi connectivity index (χ4v) is 2.86. The number of hydrogen-bond acceptors (Lipinski definition) is 4. The number of halogens is 3. The third-order valence-electron chi connectivity index (χ3n) is 4.68. The second-order valence-electron chi connectivity index (χ2n) is 7.76. The first-order chi connectivity index (χ1) is 14.6. The zero-order chi connectivity index (χ0) is 23.2. The number of nitrogens with two attached hydrogens (primary N) is 1. The Labute approximate surface area is 179 Å². The predicted octanol–water partition coefficient (Wildman–Crippen LogP) is 2.94. The lowest BCUT2D eigenvalue weighted by atomic mass is 10.1. The molecule has 1 amide bonds. The number of pyridine rings is 1. The van der Waals surface area contributed by atoms with Gasteiger partial charge in [0.05, 0.1) is 11.1 Å². The van der Waals surface area contributed by atoms with Crippen molar-refractivity contribution < 1.29 is 22.7 Å². The highest BCUT2D eigenvalue weighted by Gasteiger charge is 2.23. The normalized spacial score (nSPS) is 14.8. The molecule has 2 atom stereocenters. The van der Waals surface area contributed by atoms with Crippen LogP contribution in [0.1, 0.15) is 37.9 Å². The predicted molar refractivity (Wildman–Crippen MR) is 112 cm³/mol. The minimum absolute atomic E-state index is 0.0325. The van der Waals surface area contributed by atoms with Crippen LogP contribution < -0.4 is 21.3 Å². The molecule has 0 aliphatic heterocycles. The Morgan fingerprint density at radius 3 is 2.58 bits per heavy atom. The smallest absolute Gasteiger partial charge is 0.242 e. The molecule has 1 aromatic carbocycles. The zero-order valence-electron chi connectivity index (χ0n) is 18.2. The van der Waals surface area contributed by atoms with Gasteiger partial charge >= 0.3 is 0 Å². The van der Waals surface area contributed by atoms with Crippen LogP contribution in [0.15, 0.2) is 35.5 Å². The molecule has 2 unspecified atom stereocenters. The van der Waals surface area contributed by atoms with Crippen LogP contribution in [0, 0.1) is 18.6 Å².